The van der Waals surface area contributed by atoms with Crippen LogP contribution in [-0.2, 0) is 17.6 Å². The SMILES string of the molecule is COc1ccc2c(c1)-c1nc(C3COCCN3)sc1CC2. The summed E-state index contributed by atoms with van der Waals surface area (Å²) < 4.78 is 10.9. The third kappa shape index (κ3) is 2.35. The summed E-state index contributed by atoms with van der Waals surface area (Å²) in [7, 11) is 1.71. The molecule has 2 aromatic rings. The van der Waals surface area contributed by atoms with Crippen molar-refractivity contribution in [2.24, 2.45) is 0 Å². The Kier molecular flexibility index (Phi) is 3.41. The van der Waals surface area contributed by atoms with Crippen molar-refractivity contribution in [2.75, 3.05) is 26.9 Å². The van der Waals surface area contributed by atoms with Crippen molar-refractivity contribution in [1.29, 1.82) is 0 Å². The molecule has 1 aromatic carbocycles. The van der Waals surface area contributed by atoms with Crippen LogP contribution in [0.1, 0.15) is 21.5 Å². The molecular formula is C16H18N2O2S. The molecule has 0 bridgehead atoms. The Balaban J connectivity index is 1.74. The van der Waals surface area contributed by atoms with Gasteiger partial charge in [0.25, 0.3) is 0 Å². The van der Waals surface area contributed by atoms with E-state index in [9.17, 15) is 0 Å². The standard InChI is InChI=1S/C16H18N2O2S/c1-19-11-4-2-10-3-5-14-15(12(10)8-11)18-16(21-14)13-9-20-7-6-17-13/h2,4,8,13,17H,3,5-7,9H2,1H3. The molecule has 1 atom stereocenters. The van der Waals surface area contributed by atoms with Crippen molar-refractivity contribution in [3.63, 3.8) is 0 Å². The van der Waals surface area contributed by atoms with Crippen LogP contribution in [0.2, 0.25) is 0 Å². The molecule has 1 unspecified atom stereocenters. The summed E-state index contributed by atoms with van der Waals surface area (Å²) in [5, 5.41) is 4.64. The zero-order valence-corrected chi connectivity index (χ0v) is 12.8. The summed E-state index contributed by atoms with van der Waals surface area (Å²) in [4.78, 5) is 6.30. The molecule has 1 aliphatic heterocycles. The van der Waals surface area contributed by atoms with E-state index in [0.717, 1.165) is 49.1 Å². The maximum Gasteiger partial charge on any atom is 0.119 e. The van der Waals surface area contributed by atoms with E-state index in [-0.39, 0.29) is 6.04 Å². The van der Waals surface area contributed by atoms with Crippen molar-refractivity contribution in [2.45, 2.75) is 18.9 Å². The lowest BCUT2D eigenvalue weighted by atomic mass is 9.93. The summed E-state index contributed by atoms with van der Waals surface area (Å²) in [6.45, 7) is 2.41. The zero-order chi connectivity index (χ0) is 14.2. The van der Waals surface area contributed by atoms with E-state index in [2.05, 4.69) is 17.4 Å². The van der Waals surface area contributed by atoms with Crippen molar-refractivity contribution in [1.82, 2.24) is 10.3 Å². The Morgan fingerprint density at radius 2 is 2.33 bits per heavy atom. The monoisotopic (exact) mass is 302 g/mol. The molecule has 0 spiro atoms. The Bertz CT molecular complexity index is 662. The van der Waals surface area contributed by atoms with Crippen LogP contribution < -0.4 is 10.1 Å². The fourth-order valence-corrected chi connectivity index (χ4v) is 4.13. The third-order valence-corrected chi connectivity index (χ3v) is 5.36. The molecule has 110 valence electrons. The number of fused-ring (bicyclic) bond motifs is 3. The van der Waals surface area contributed by atoms with Crippen LogP contribution in [0, 0.1) is 0 Å². The van der Waals surface area contributed by atoms with Gasteiger partial charge < -0.3 is 14.8 Å². The number of rotatable bonds is 2. The van der Waals surface area contributed by atoms with E-state index < -0.39 is 0 Å². The lowest BCUT2D eigenvalue weighted by Gasteiger charge is -2.21. The van der Waals surface area contributed by atoms with Gasteiger partial charge in [-0.05, 0) is 30.5 Å². The van der Waals surface area contributed by atoms with Crippen molar-refractivity contribution in [3.05, 3.63) is 33.6 Å². The first-order valence-electron chi connectivity index (χ1n) is 7.33. The van der Waals surface area contributed by atoms with Crippen molar-refractivity contribution < 1.29 is 9.47 Å². The Hall–Kier alpha value is -1.43. The summed E-state index contributed by atoms with van der Waals surface area (Å²) in [5.74, 6) is 0.898. The molecule has 4 rings (SSSR count). The molecule has 1 aromatic heterocycles. The van der Waals surface area contributed by atoms with Gasteiger partial charge >= 0.3 is 0 Å². The quantitative estimate of drug-likeness (QED) is 0.926. The Morgan fingerprint density at radius 3 is 3.14 bits per heavy atom. The van der Waals surface area contributed by atoms with Crippen LogP contribution in [-0.4, -0.2) is 31.9 Å². The third-order valence-electron chi connectivity index (χ3n) is 4.13. The molecular weight excluding hydrogens is 284 g/mol. The zero-order valence-electron chi connectivity index (χ0n) is 12.0. The number of ether oxygens (including phenoxy) is 2. The fraction of sp³-hybridized carbons (Fsp3) is 0.438. The van der Waals surface area contributed by atoms with Gasteiger partial charge in [-0.1, -0.05) is 6.07 Å². The number of aryl methyl sites for hydroxylation is 2. The lowest BCUT2D eigenvalue weighted by molar-refractivity contribution is 0.0768. The van der Waals surface area contributed by atoms with E-state index >= 15 is 0 Å². The van der Waals surface area contributed by atoms with E-state index in [0.29, 0.717) is 0 Å². The Morgan fingerprint density at radius 1 is 1.38 bits per heavy atom. The van der Waals surface area contributed by atoms with Crippen molar-refractivity contribution >= 4 is 11.3 Å². The van der Waals surface area contributed by atoms with E-state index in [1.807, 2.05) is 17.4 Å². The minimum atomic E-state index is 0.239. The predicted octanol–water partition coefficient (Wildman–Crippen LogP) is 2.58. The van der Waals surface area contributed by atoms with E-state index in [1.165, 1.54) is 16.0 Å². The highest BCUT2D eigenvalue weighted by atomic mass is 32.1. The second kappa shape index (κ2) is 5.40. The molecule has 0 amide bonds. The average molecular weight is 302 g/mol. The van der Waals surface area contributed by atoms with Gasteiger partial charge in [0, 0.05) is 17.0 Å². The molecule has 2 aliphatic rings. The van der Waals surface area contributed by atoms with Crippen LogP contribution in [0.15, 0.2) is 18.2 Å². The molecule has 5 heteroatoms. The number of benzene rings is 1. The number of methoxy groups -OCH3 is 1. The summed E-state index contributed by atoms with van der Waals surface area (Å²) >= 11 is 1.82. The van der Waals surface area contributed by atoms with Gasteiger partial charge in [0.05, 0.1) is 32.1 Å². The molecule has 1 fully saturated rings. The number of nitrogens with zero attached hydrogens (tertiary/aromatic N) is 1. The van der Waals surface area contributed by atoms with Gasteiger partial charge in [-0.25, -0.2) is 4.98 Å². The molecule has 21 heavy (non-hydrogen) atoms. The average Bonchev–Trinajstić information content (AvgIpc) is 3.00. The molecule has 4 nitrogen and oxygen atoms in total. The predicted molar refractivity (Wildman–Crippen MR) is 83.1 cm³/mol. The van der Waals surface area contributed by atoms with Gasteiger partial charge in [-0.2, -0.15) is 0 Å². The largest absolute Gasteiger partial charge is 0.497 e. The highest BCUT2D eigenvalue weighted by Gasteiger charge is 2.25. The number of thiazole rings is 1. The first-order valence-corrected chi connectivity index (χ1v) is 8.15. The molecule has 1 N–H and O–H groups in total. The van der Waals surface area contributed by atoms with E-state index in [4.69, 9.17) is 14.5 Å². The Labute approximate surface area is 128 Å². The maximum absolute atomic E-state index is 5.56. The molecule has 1 aliphatic carbocycles. The van der Waals surface area contributed by atoms with Crippen molar-refractivity contribution in [3.8, 4) is 17.0 Å². The van der Waals surface area contributed by atoms with Gasteiger partial charge in [0.1, 0.15) is 10.8 Å². The molecule has 1 saturated heterocycles. The second-order valence-electron chi connectivity index (χ2n) is 5.43. The smallest absolute Gasteiger partial charge is 0.119 e. The number of aromatic nitrogens is 1. The number of morpholine rings is 1. The minimum absolute atomic E-state index is 0.239. The first kappa shape index (κ1) is 13.2. The van der Waals surface area contributed by atoms with Crippen LogP contribution in [0.4, 0.5) is 0 Å². The minimum Gasteiger partial charge on any atom is -0.497 e. The van der Waals surface area contributed by atoms with E-state index in [1.54, 1.807) is 7.11 Å². The van der Waals surface area contributed by atoms with Crippen LogP contribution in [0.3, 0.4) is 0 Å². The second-order valence-corrected chi connectivity index (χ2v) is 6.54. The number of hydrogen-bond donors (Lipinski definition) is 1. The van der Waals surface area contributed by atoms with Crippen LogP contribution in [0.25, 0.3) is 11.3 Å². The number of nitrogens with one attached hydrogen (secondary N) is 1. The fourth-order valence-electron chi connectivity index (χ4n) is 2.99. The van der Waals surface area contributed by atoms with Crippen LogP contribution in [0.5, 0.6) is 5.75 Å². The lowest BCUT2D eigenvalue weighted by Crippen LogP contribution is -2.34. The maximum atomic E-state index is 5.56. The highest BCUT2D eigenvalue weighted by molar-refractivity contribution is 7.12. The number of hydrogen-bond acceptors (Lipinski definition) is 5. The van der Waals surface area contributed by atoms with Gasteiger partial charge in [0.2, 0.25) is 0 Å². The van der Waals surface area contributed by atoms with Gasteiger partial charge in [0.15, 0.2) is 0 Å². The summed E-state index contributed by atoms with van der Waals surface area (Å²) in [5.41, 5.74) is 3.74. The molecule has 2 heterocycles. The van der Waals surface area contributed by atoms with Crippen LogP contribution >= 0.6 is 11.3 Å². The normalized spacial score (nSPS) is 20.7. The van der Waals surface area contributed by atoms with Gasteiger partial charge in [-0.15, -0.1) is 11.3 Å². The highest BCUT2D eigenvalue weighted by Crippen LogP contribution is 2.39. The van der Waals surface area contributed by atoms with Gasteiger partial charge in [-0.3, -0.25) is 0 Å². The first-order chi connectivity index (χ1) is 10.3. The molecule has 0 radical (unpaired) electrons. The summed E-state index contributed by atoms with van der Waals surface area (Å²) in [6, 6.07) is 6.55. The summed E-state index contributed by atoms with van der Waals surface area (Å²) in [6.07, 6.45) is 2.17. The molecule has 0 saturated carbocycles. The topological polar surface area (TPSA) is 43.4 Å².